The number of hydrogen-bond acceptors (Lipinski definition) is 6. The normalized spacial score (nSPS) is 19.2. The molecule has 4 rings (SSSR count). The van der Waals surface area contributed by atoms with Gasteiger partial charge in [0.1, 0.15) is 11.6 Å². The van der Waals surface area contributed by atoms with Gasteiger partial charge in [-0.05, 0) is 37.2 Å². The summed E-state index contributed by atoms with van der Waals surface area (Å²) in [5.41, 5.74) is 1.95. The Bertz CT molecular complexity index is 942. The van der Waals surface area contributed by atoms with Crippen LogP contribution >= 0.6 is 0 Å². The molecule has 1 aliphatic heterocycles. The molecule has 0 unspecified atom stereocenters. The molecule has 0 bridgehead atoms. The molecule has 1 saturated carbocycles. The zero-order valence-corrected chi connectivity index (χ0v) is 13.8. The molecule has 1 spiro atoms. The van der Waals surface area contributed by atoms with Crippen molar-refractivity contribution in [3.8, 4) is 6.07 Å². The molecule has 25 heavy (non-hydrogen) atoms. The quantitative estimate of drug-likeness (QED) is 0.497. The molecule has 0 aromatic carbocycles. The third-order valence-corrected chi connectivity index (χ3v) is 5.75. The van der Waals surface area contributed by atoms with Gasteiger partial charge in [0.05, 0.1) is 29.3 Å². The Hall–Kier alpha value is -2.88. The fourth-order valence-electron chi connectivity index (χ4n) is 4.14. The van der Waals surface area contributed by atoms with Crippen LogP contribution in [0.15, 0.2) is 22.2 Å². The summed E-state index contributed by atoms with van der Waals surface area (Å²) in [5.74, 6) is 0. The van der Waals surface area contributed by atoms with Crippen LogP contribution in [0.1, 0.15) is 43.4 Å². The molecule has 7 nitrogen and oxygen atoms in total. The fourth-order valence-corrected chi connectivity index (χ4v) is 4.14. The van der Waals surface area contributed by atoms with Crippen LogP contribution in [-0.4, -0.2) is 34.5 Å². The first-order chi connectivity index (χ1) is 12.2. The number of hydrogen-bond donors (Lipinski definition) is 2. The second kappa shape index (κ2) is 5.88. The minimum Gasteiger partial charge on any atom is -0.411 e. The number of aromatic amines is 1. The van der Waals surface area contributed by atoms with E-state index >= 15 is 0 Å². The van der Waals surface area contributed by atoms with Gasteiger partial charge in [-0.25, -0.2) is 0 Å². The lowest BCUT2D eigenvalue weighted by Gasteiger charge is -2.48. The van der Waals surface area contributed by atoms with Crippen molar-refractivity contribution >= 4 is 22.8 Å². The maximum Gasteiger partial charge on any atom is 0.268 e. The van der Waals surface area contributed by atoms with Gasteiger partial charge in [-0.15, -0.1) is 0 Å². The molecule has 0 radical (unpaired) electrons. The number of nitriles is 1. The van der Waals surface area contributed by atoms with E-state index in [1.165, 1.54) is 31.7 Å². The van der Waals surface area contributed by atoms with E-state index in [0.717, 1.165) is 31.3 Å². The van der Waals surface area contributed by atoms with Gasteiger partial charge in [0.2, 0.25) is 0 Å². The van der Waals surface area contributed by atoms with Crippen LogP contribution in [0.2, 0.25) is 0 Å². The average molecular weight is 337 g/mol. The van der Waals surface area contributed by atoms with Crippen molar-refractivity contribution in [3.63, 3.8) is 0 Å². The predicted molar refractivity (Wildman–Crippen MR) is 94.2 cm³/mol. The first kappa shape index (κ1) is 15.6. The zero-order chi connectivity index (χ0) is 17.4. The number of piperidine rings is 1. The Morgan fingerprint density at radius 3 is 2.72 bits per heavy atom. The molecular weight excluding hydrogens is 318 g/mol. The third kappa shape index (κ3) is 2.54. The van der Waals surface area contributed by atoms with Crippen LogP contribution < -0.4 is 10.5 Å². The maximum absolute atomic E-state index is 12.3. The number of aromatic nitrogens is 2. The fraction of sp³-hybridized carbons (Fsp3) is 0.444. The molecular formula is C18H19N5O2. The van der Waals surface area contributed by atoms with Gasteiger partial charge in [-0.1, -0.05) is 11.6 Å². The van der Waals surface area contributed by atoms with Gasteiger partial charge >= 0.3 is 0 Å². The van der Waals surface area contributed by atoms with Gasteiger partial charge in [-0.2, -0.15) is 5.26 Å². The average Bonchev–Trinajstić information content (AvgIpc) is 2.60. The minimum atomic E-state index is -0.390. The highest BCUT2D eigenvalue weighted by Crippen LogP contribution is 2.49. The first-order valence-corrected chi connectivity index (χ1v) is 8.54. The summed E-state index contributed by atoms with van der Waals surface area (Å²) in [6.07, 6.45) is 8.87. The Kier molecular flexibility index (Phi) is 3.68. The van der Waals surface area contributed by atoms with Crippen molar-refractivity contribution in [1.82, 2.24) is 9.97 Å². The second-order valence-electron chi connectivity index (χ2n) is 7.03. The van der Waals surface area contributed by atoms with E-state index in [0.29, 0.717) is 22.3 Å². The van der Waals surface area contributed by atoms with E-state index in [1.54, 1.807) is 6.07 Å². The number of pyridine rings is 2. The van der Waals surface area contributed by atoms with Gasteiger partial charge < -0.3 is 15.1 Å². The van der Waals surface area contributed by atoms with Crippen molar-refractivity contribution < 1.29 is 5.21 Å². The summed E-state index contributed by atoms with van der Waals surface area (Å²) in [4.78, 5) is 21.4. The smallest absolute Gasteiger partial charge is 0.268 e. The lowest BCUT2D eigenvalue weighted by atomic mass is 9.63. The van der Waals surface area contributed by atoms with Gasteiger partial charge in [0.15, 0.2) is 0 Å². The predicted octanol–water partition coefficient (Wildman–Crippen LogP) is 2.37. The summed E-state index contributed by atoms with van der Waals surface area (Å²) >= 11 is 0. The minimum absolute atomic E-state index is 0.134. The number of fused-ring (bicyclic) bond motifs is 1. The number of rotatable bonds is 2. The van der Waals surface area contributed by atoms with Gasteiger partial charge in [0, 0.05) is 18.5 Å². The van der Waals surface area contributed by atoms with Crippen LogP contribution in [0.4, 0.5) is 5.69 Å². The van der Waals surface area contributed by atoms with Crippen molar-refractivity contribution in [2.24, 2.45) is 10.6 Å². The van der Waals surface area contributed by atoms with E-state index in [1.807, 2.05) is 0 Å². The lowest BCUT2D eigenvalue weighted by molar-refractivity contribution is 0.0956. The molecule has 3 heterocycles. The second-order valence-corrected chi connectivity index (χ2v) is 7.03. The summed E-state index contributed by atoms with van der Waals surface area (Å²) in [6, 6.07) is 3.81. The summed E-state index contributed by atoms with van der Waals surface area (Å²) in [5, 5.41) is 22.1. The van der Waals surface area contributed by atoms with Gasteiger partial charge in [-0.3, -0.25) is 9.78 Å². The van der Waals surface area contributed by atoms with E-state index < -0.39 is 0 Å². The number of anilines is 1. The van der Waals surface area contributed by atoms with Crippen LogP contribution in [-0.2, 0) is 0 Å². The van der Waals surface area contributed by atoms with Crippen molar-refractivity contribution in [2.75, 3.05) is 18.0 Å². The standard InChI is InChI=1S/C18H19N5O2/c19-9-14-16(23-6-4-18(5-7-23)2-1-3-18)13-8-12(10-21-25)20-11-15(13)22-17(14)24/h8,10-11,25H,1-7H2,(H,22,24)/b21-10-. The Labute approximate surface area is 144 Å². The topological polar surface area (TPSA) is 105 Å². The van der Waals surface area contributed by atoms with Crippen molar-refractivity contribution in [2.45, 2.75) is 32.1 Å². The summed E-state index contributed by atoms with van der Waals surface area (Å²) in [7, 11) is 0. The highest BCUT2D eigenvalue weighted by Gasteiger charge is 2.40. The SMILES string of the molecule is N#Cc1c(N2CCC3(CCC3)CC2)c2cc(/C=N\O)ncc2[nH]c1=O. The molecule has 2 N–H and O–H groups in total. The largest absolute Gasteiger partial charge is 0.411 e. The van der Waals surface area contributed by atoms with E-state index in [9.17, 15) is 10.1 Å². The third-order valence-electron chi connectivity index (χ3n) is 5.75. The molecule has 1 saturated heterocycles. The van der Waals surface area contributed by atoms with Crippen molar-refractivity contribution in [1.29, 1.82) is 5.26 Å². The van der Waals surface area contributed by atoms with E-state index in [-0.39, 0.29) is 11.1 Å². The monoisotopic (exact) mass is 337 g/mol. The maximum atomic E-state index is 12.3. The molecule has 2 aromatic heterocycles. The Balaban J connectivity index is 1.83. The summed E-state index contributed by atoms with van der Waals surface area (Å²) < 4.78 is 0. The van der Waals surface area contributed by atoms with E-state index in [2.05, 4.69) is 26.1 Å². The lowest BCUT2D eigenvalue weighted by Crippen LogP contribution is -2.44. The molecule has 2 aromatic rings. The van der Waals surface area contributed by atoms with E-state index in [4.69, 9.17) is 5.21 Å². The molecule has 128 valence electrons. The van der Waals surface area contributed by atoms with Crippen LogP contribution in [0.25, 0.3) is 10.9 Å². The summed E-state index contributed by atoms with van der Waals surface area (Å²) in [6.45, 7) is 1.69. The number of H-pyrrole nitrogens is 1. The Morgan fingerprint density at radius 2 is 2.12 bits per heavy atom. The zero-order valence-electron chi connectivity index (χ0n) is 13.8. The van der Waals surface area contributed by atoms with Crippen LogP contribution in [0.3, 0.4) is 0 Å². The molecule has 0 amide bonds. The number of oxime groups is 1. The molecule has 7 heteroatoms. The first-order valence-electron chi connectivity index (χ1n) is 8.54. The number of nitrogens with one attached hydrogen (secondary N) is 1. The molecule has 2 aliphatic rings. The highest BCUT2D eigenvalue weighted by atomic mass is 16.4. The Morgan fingerprint density at radius 1 is 1.36 bits per heavy atom. The van der Waals surface area contributed by atoms with Crippen LogP contribution in [0, 0.1) is 16.7 Å². The van der Waals surface area contributed by atoms with Crippen molar-refractivity contribution in [3.05, 3.63) is 33.9 Å². The van der Waals surface area contributed by atoms with Crippen LogP contribution in [0.5, 0.6) is 0 Å². The highest BCUT2D eigenvalue weighted by molar-refractivity contribution is 5.96. The molecule has 2 fully saturated rings. The van der Waals surface area contributed by atoms with Gasteiger partial charge in [0.25, 0.3) is 5.56 Å². The molecule has 1 aliphatic carbocycles. The number of nitrogens with zero attached hydrogens (tertiary/aromatic N) is 4. The molecule has 0 atom stereocenters.